The maximum absolute atomic E-state index is 12.3. The van der Waals surface area contributed by atoms with Crippen molar-refractivity contribution in [1.82, 2.24) is 0 Å². The number of rotatable bonds is 0. The van der Waals surface area contributed by atoms with Crippen molar-refractivity contribution < 1.29 is 4.42 Å². The lowest BCUT2D eigenvalue weighted by Gasteiger charge is -2.23. The Morgan fingerprint density at radius 1 is 1.24 bits per heavy atom. The molecule has 0 amide bonds. The number of para-hydroxylation sites is 1. The fourth-order valence-electron chi connectivity index (χ4n) is 1.91. The molecule has 2 heterocycles. The summed E-state index contributed by atoms with van der Waals surface area (Å²) in [5, 5.41) is 1.37. The van der Waals surface area contributed by atoms with Crippen LogP contribution < -0.4 is 5.43 Å². The Morgan fingerprint density at radius 3 is 2.82 bits per heavy atom. The molecule has 0 unspecified atom stereocenters. The zero-order valence-corrected chi connectivity index (χ0v) is 10.5. The summed E-state index contributed by atoms with van der Waals surface area (Å²) < 4.78 is 5.79. The average molecular weight is 244 g/mol. The first-order valence-corrected chi connectivity index (χ1v) is 6.33. The molecule has 0 bridgehead atoms. The second-order valence-corrected chi connectivity index (χ2v) is 6.29. The highest BCUT2D eigenvalue weighted by atomic mass is 32.2. The zero-order valence-electron chi connectivity index (χ0n) is 9.69. The van der Waals surface area contributed by atoms with Crippen LogP contribution in [-0.2, 0) is 0 Å². The van der Waals surface area contributed by atoms with Crippen LogP contribution >= 0.6 is 11.8 Å². The normalized spacial score (nSPS) is 17.1. The van der Waals surface area contributed by atoms with E-state index in [0.29, 0.717) is 16.5 Å². The molecular formula is C14H12O2S. The van der Waals surface area contributed by atoms with Gasteiger partial charge in [-0.25, -0.2) is 0 Å². The molecule has 17 heavy (non-hydrogen) atoms. The molecule has 1 aromatic heterocycles. The van der Waals surface area contributed by atoms with Gasteiger partial charge in [0.25, 0.3) is 0 Å². The Labute approximate surface area is 103 Å². The minimum Gasteiger partial charge on any atom is -0.449 e. The third-order valence-electron chi connectivity index (χ3n) is 2.81. The quantitative estimate of drug-likeness (QED) is 0.708. The lowest BCUT2D eigenvalue weighted by molar-refractivity contribution is 0.494. The Hall–Kier alpha value is -1.48. The number of hydrogen-bond acceptors (Lipinski definition) is 3. The van der Waals surface area contributed by atoms with E-state index < -0.39 is 0 Å². The highest BCUT2D eigenvalue weighted by molar-refractivity contribution is 8.00. The van der Waals surface area contributed by atoms with Crippen LogP contribution in [0.25, 0.3) is 17.0 Å². The molecule has 0 spiro atoms. The molecule has 0 aliphatic carbocycles. The summed E-state index contributed by atoms with van der Waals surface area (Å²) in [7, 11) is 0. The van der Waals surface area contributed by atoms with E-state index in [1.54, 1.807) is 17.8 Å². The number of thioether (sulfide) groups is 1. The van der Waals surface area contributed by atoms with Gasteiger partial charge in [0.2, 0.25) is 5.43 Å². The molecule has 1 aliphatic heterocycles. The number of hydrogen-bond donors (Lipinski definition) is 0. The molecule has 0 saturated carbocycles. The van der Waals surface area contributed by atoms with E-state index in [2.05, 4.69) is 13.8 Å². The first-order valence-electron chi connectivity index (χ1n) is 5.51. The Bertz CT molecular complexity index is 680. The number of fused-ring (bicyclic) bond motifs is 2. The summed E-state index contributed by atoms with van der Waals surface area (Å²) in [6.45, 7) is 4.21. The first kappa shape index (κ1) is 10.7. The molecule has 3 heteroatoms. The predicted octanol–water partition coefficient (Wildman–Crippen LogP) is 3.69. The van der Waals surface area contributed by atoms with Gasteiger partial charge in [0, 0.05) is 4.75 Å². The smallest absolute Gasteiger partial charge is 0.201 e. The molecule has 0 N–H and O–H groups in total. The fourth-order valence-corrected chi connectivity index (χ4v) is 2.93. The van der Waals surface area contributed by atoms with Gasteiger partial charge in [-0.15, -0.1) is 0 Å². The molecule has 2 aromatic rings. The summed E-state index contributed by atoms with van der Waals surface area (Å²) in [5.41, 5.74) is 1.39. The summed E-state index contributed by atoms with van der Waals surface area (Å²) in [6, 6.07) is 7.38. The van der Waals surface area contributed by atoms with Crippen molar-refractivity contribution >= 4 is 28.8 Å². The Kier molecular flexibility index (Phi) is 2.20. The molecule has 1 aliphatic rings. The largest absolute Gasteiger partial charge is 0.449 e. The molecule has 86 valence electrons. The minimum atomic E-state index is -0.0224. The van der Waals surface area contributed by atoms with Crippen molar-refractivity contribution in [3.05, 3.63) is 46.1 Å². The van der Waals surface area contributed by atoms with Crippen molar-refractivity contribution in [3.8, 4) is 0 Å². The first-order chi connectivity index (χ1) is 8.07. The van der Waals surface area contributed by atoms with E-state index in [4.69, 9.17) is 4.42 Å². The van der Waals surface area contributed by atoms with Crippen LogP contribution in [0.5, 0.6) is 0 Å². The molecule has 1 aromatic carbocycles. The Balaban J connectivity index is 2.36. The third kappa shape index (κ3) is 1.71. The van der Waals surface area contributed by atoms with Crippen LogP contribution in [0.15, 0.2) is 44.6 Å². The van der Waals surface area contributed by atoms with Gasteiger partial charge in [-0.2, -0.15) is 0 Å². The second kappa shape index (κ2) is 3.50. The van der Waals surface area contributed by atoms with Crippen LogP contribution in [-0.4, -0.2) is 4.75 Å². The van der Waals surface area contributed by atoms with Gasteiger partial charge < -0.3 is 4.42 Å². The summed E-state index contributed by atoms with van der Waals surface area (Å²) in [6.07, 6.45) is 3.93. The molecule has 0 saturated heterocycles. The molecule has 3 rings (SSSR count). The van der Waals surface area contributed by atoms with Crippen LogP contribution in [0.2, 0.25) is 0 Å². The average Bonchev–Trinajstić information content (AvgIpc) is 2.27. The van der Waals surface area contributed by atoms with Gasteiger partial charge in [-0.1, -0.05) is 30.0 Å². The monoisotopic (exact) mass is 244 g/mol. The van der Waals surface area contributed by atoms with E-state index in [1.807, 2.05) is 30.4 Å². The van der Waals surface area contributed by atoms with E-state index in [-0.39, 0.29) is 10.2 Å². The maximum Gasteiger partial charge on any atom is 0.201 e. The summed E-state index contributed by atoms with van der Waals surface area (Å²) >= 11 is 1.59. The van der Waals surface area contributed by atoms with E-state index in [0.717, 1.165) is 5.09 Å². The van der Waals surface area contributed by atoms with Gasteiger partial charge in [-0.3, -0.25) is 4.79 Å². The molecule has 2 nitrogen and oxygen atoms in total. The zero-order chi connectivity index (χ0) is 12.0. The van der Waals surface area contributed by atoms with Crippen molar-refractivity contribution in [2.75, 3.05) is 0 Å². The second-order valence-electron chi connectivity index (χ2n) is 4.67. The summed E-state index contributed by atoms with van der Waals surface area (Å²) in [5.74, 6) is 0. The topological polar surface area (TPSA) is 30.2 Å². The van der Waals surface area contributed by atoms with Gasteiger partial charge in [-0.05, 0) is 32.1 Å². The minimum absolute atomic E-state index is 0.0224. The SMILES string of the molecule is CC1(C)C=Cc2c(oc3ccccc3c2=O)S1. The maximum atomic E-state index is 12.3. The lowest BCUT2D eigenvalue weighted by Crippen LogP contribution is -2.17. The van der Waals surface area contributed by atoms with Crippen molar-refractivity contribution in [1.29, 1.82) is 0 Å². The lowest BCUT2D eigenvalue weighted by atomic mass is 10.1. The van der Waals surface area contributed by atoms with Crippen LogP contribution in [0.3, 0.4) is 0 Å². The van der Waals surface area contributed by atoms with Crippen molar-refractivity contribution in [2.24, 2.45) is 0 Å². The van der Waals surface area contributed by atoms with Crippen LogP contribution in [0.4, 0.5) is 0 Å². The summed E-state index contributed by atoms with van der Waals surface area (Å²) in [4.78, 5) is 12.3. The Morgan fingerprint density at radius 2 is 2.00 bits per heavy atom. The van der Waals surface area contributed by atoms with Crippen molar-refractivity contribution in [3.63, 3.8) is 0 Å². The number of benzene rings is 1. The predicted molar refractivity (Wildman–Crippen MR) is 71.5 cm³/mol. The fraction of sp³-hybridized carbons (Fsp3) is 0.214. The van der Waals surface area contributed by atoms with E-state index >= 15 is 0 Å². The highest BCUT2D eigenvalue weighted by Crippen LogP contribution is 2.40. The van der Waals surface area contributed by atoms with Crippen LogP contribution in [0.1, 0.15) is 19.4 Å². The molecule has 0 atom stereocenters. The van der Waals surface area contributed by atoms with Gasteiger partial charge in [0.15, 0.2) is 5.09 Å². The molecular weight excluding hydrogens is 232 g/mol. The van der Waals surface area contributed by atoms with Crippen LogP contribution in [0, 0.1) is 0 Å². The highest BCUT2D eigenvalue weighted by Gasteiger charge is 2.25. The molecule has 0 fully saturated rings. The van der Waals surface area contributed by atoms with Gasteiger partial charge in [0.05, 0.1) is 10.9 Å². The standard InChI is InChI=1S/C14H12O2S/c1-14(2)8-7-10-12(15)9-5-3-4-6-11(9)16-13(10)17-14/h3-8H,1-2H3. The van der Waals surface area contributed by atoms with Gasteiger partial charge in [0.1, 0.15) is 5.58 Å². The van der Waals surface area contributed by atoms with Gasteiger partial charge >= 0.3 is 0 Å². The molecule has 0 radical (unpaired) electrons. The third-order valence-corrected chi connectivity index (χ3v) is 3.96. The van der Waals surface area contributed by atoms with E-state index in [9.17, 15) is 4.79 Å². The van der Waals surface area contributed by atoms with E-state index in [1.165, 1.54) is 0 Å². The van der Waals surface area contributed by atoms with Crippen molar-refractivity contribution in [2.45, 2.75) is 23.7 Å².